The van der Waals surface area contributed by atoms with Crippen molar-refractivity contribution in [2.45, 2.75) is 5.56 Å². The van der Waals surface area contributed by atoms with E-state index >= 15 is 0 Å². The predicted octanol–water partition coefficient (Wildman–Crippen LogP) is 1.84. The summed E-state index contributed by atoms with van der Waals surface area (Å²) in [5.41, 5.74) is 0.00969. The summed E-state index contributed by atoms with van der Waals surface area (Å²) >= 11 is 5.70. The van der Waals surface area contributed by atoms with Gasteiger partial charge < -0.3 is 9.47 Å². The Kier molecular flexibility index (Phi) is 2.10. The van der Waals surface area contributed by atoms with E-state index in [1.54, 1.807) is 18.2 Å². The van der Waals surface area contributed by atoms with Crippen LogP contribution >= 0.6 is 11.6 Å². The first-order valence-corrected chi connectivity index (χ1v) is 4.26. The third-order valence-electron chi connectivity index (χ3n) is 1.75. The lowest BCUT2D eigenvalue weighted by Crippen LogP contribution is -2.24. The molecule has 68 valence electrons. The summed E-state index contributed by atoms with van der Waals surface area (Å²) < 4.78 is 10.5. The van der Waals surface area contributed by atoms with E-state index in [1.165, 1.54) is 0 Å². The van der Waals surface area contributed by atoms with Crippen molar-refractivity contribution in [2.24, 2.45) is 0 Å². The number of rotatable bonds is 1. The van der Waals surface area contributed by atoms with Crippen LogP contribution in [0.1, 0.15) is 10.4 Å². The van der Waals surface area contributed by atoms with Crippen LogP contribution in [0.2, 0.25) is 0 Å². The van der Waals surface area contributed by atoms with Gasteiger partial charge in [-0.15, -0.1) is 0 Å². The van der Waals surface area contributed by atoms with Crippen molar-refractivity contribution in [3.8, 4) is 11.5 Å². The molecule has 0 aliphatic carbocycles. The molecule has 2 rings (SSSR count). The summed E-state index contributed by atoms with van der Waals surface area (Å²) in [7, 11) is 0. The molecule has 1 atom stereocenters. The fourth-order valence-electron chi connectivity index (χ4n) is 1.19. The topological polar surface area (TPSA) is 35.5 Å². The van der Waals surface area contributed by atoms with Gasteiger partial charge in [0.15, 0.2) is 17.8 Å². The molecule has 0 amide bonds. The minimum Gasteiger partial charge on any atom is -0.484 e. The van der Waals surface area contributed by atoms with Gasteiger partial charge in [0.2, 0.25) is 5.56 Å². The maximum atomic E-state index is 10.6. The maximum Gasteiger partial charge on any atom is 0.206 e. The summed E-state index contributed by atoms with van der Waals surface area (Å²) in [6, 6.07) is 5.11. The van der Waals surface area contributed by atoms with Crippen LogP contribution in [-0.2, 0) is 0 Å². The molecule has 1 aliphatic heterocycles. The molecule has 0 saturated carbocycles. The maximum absolute atomic E-state index is 10.6. The molecule has 0 fully saturated rings. The van der Waals surface area contributed by atoms with Crippen LogP contribution in [-0.4, -0.2) is 18.5 Å². The normalized spacial score (nSPS) is 19.6. The van der Waals surface area contributed by atoms with Crippen molar-refractivity contribution < 1.29 is 14.3 Å². The molecule has 0 saturated heterocycles. The van der Waals surface area contributed by atoms with Crippen LogP contribution in [0.15, 0.2) is 18.2 Å². The Bertz CT molecular complexity index is 338. The van der Waals surface area contributed by atoms with Crippen LogP contribution in [0.5, 0.6) is 11.5 Å². The van der Waals surface area contributed by atoms with Gasteiger partial charge in [0.05, 0.1) is 5.56 Å². The Morgan fingerprint density at radius 2 is 2.38 bits per heavy atom. The van der Waals surface area contributed by atoms with E-state index in [1.807, 2.05) is 0 Å². The van der Waals surface area contributed by atoms with E-state index in [9.17, 15) is 4.79 Å². The van der Waals surface area contributed by atoms with Gasteiger partial charge in [-0.1, -0.05) is 17.7 Å². The SMILES string of the molecule is O=Cc1cccc2c1OCC(Cl)O2. The molecule has 0 radical (unpaired) electrons. The molecule has 0 aromatic heterocycles. The lowest BCUT2D eigenvalue weighted by Gasteiger charge is -2.22. The smallest absolute Gasteiger partial charge is 0.206 e. The average molecular weight is 199 g/mol. The minimum absolute atomic E-state index is 0.263. The van der Waals surface area contributed by atoms with Crippen LogP contribution < -0.4 is 9.47 Å². The molecule has 13 heavy (non-hydrogen) atoms. The summed E-state index contributed by atoms with van der Waals surface area (Å²) in [6.07, 6.45) is 0.733. The Morgan fingerprint density at radius 3 is 3.15 bits per heavy atom. The van der Waals surface area contributed by atoms with E-state index in [0.29, 0.717) is 17.1 Å². The molecule has 1 aliphatic rings. The van der Waals surface area contributed by atoms with Crippen LogP contribution in [0, 0.1) is 0 Å². The standard InChI is InChI=1S/C9H7ClO3/c10-8-5-12-9-6(4-11)2-1-3-7(9)13-8/h1-4,8H,5H2. The Balaban J connectivity index is 2.45. The lowest BCUT2D eigenvalue weighted by atomic mass is 10.2. The number of carbonyl (C=O) groups is 1. The zero-order valence-corrected chi connectivity index (χ0v) is 7.45. The zero-order valence-electron chi connectivity index (χ0n) is 6.70. The molecule has 1 aromatic rings. The molecule has 0 bridgehead atoms. The number of para-hydroxylation sites is 1. The third kappa shape index (κ3) is 1.47. The largest absolute Gasteiger partial charge is 0.484 e. The average Bonchev–Trinajstić information content (AvgIpc) is 2.16. The summed E-state index contributed by atoms with van der Waals surface area (Å²) in [4.78, 5) is 10.6. The van der Waals surface area contributed by atoms with Gasteiger partial charge in [-0.05, 0) is 12.1 Å². The summed E-state index contributed by atoms with van der Waals surface area (Å²) in [5, 5.41) is 0. The van der Waals surface area contributed by atoms with Crippen LogP contribution in [0.4, 0.5) is 0 Å². The molecule has 1 unspecified atom stereocenters. The number of ether oxygens (including phenoxy) is 2. The van der Waals surface area contributed by atoms with Crippen LogP contribution in [0.3, 0.4) is 0 Å². The molecule has 0 spiro atoms. The van der Waals surface area contributed by atoms with Crippen molar-refractivity contribution in [3.63, 3.8) is 0 Å². The molecular formula is C9H7ClO3. The number of fused-ring (bicyclic) bond motifs is 1. The first kappa shape index (κ1) is 8.38. The lowest BCUT2D eigenvalue weighted by molar-refractivity contribution is 0.110. The monoisotopic (exact) mass is 198 g/mol. The van der Waals surface area contributed by atoms with Gasteiger partial charge in [0.1, 0.15) is 6.61 Å². The number of carbonyl (C=O) groups excluding carboxylic acids is 1. The number of hydrogen-bond acceptors (Lipinski definition) is 3. The molecule has 1 aromatic carbocycles. The van der Waals surface area contributed by atoms with Gasteiger partial charge in [-0.2, -0.15) is 0 Å². The highest BCUT2D eigenvalue weighted by atomic mass is 35.5. The summed E-state index contributed by atoms with van der Waals surface area (Å²) in [6.45, 7) is 0.263. The molecule has 1 heterocycles. The molecular weight excluding hydrogens is 192 g/mol. The van der Waals surface area contributed by atoms with E-state index < -0.39 is 5.56 Å². The quantitative estimate of drug-likeness (QED) is 0.510. The van der Waals surface area contributed by atoms with Crippen molar-refractivity contribution in [1.29, 1.82) is 0 Å². The molecule has 4 heteroatoms. The van der Waals surface area contributed by atoms with Crippen molar-refractivity contribution >= 4 is 17.9 Å². The minimum atomic E-state index is -0.477. The van der Waals surface area contributed by atoms with Gasteiger partial charge >= 0.3 is 0 Å². The molecule has 3 nitrogen and oxygen atoms in total. The Labute approximate surface area is 80.2 Å². The van der Waals surface area contributed by atoms with Gasteiger partial charge in [-0.3, -0.25) is 4.79 Å². The van der Waals surface area contributed by atoms with Crippen molar-refractivity contribution in [3.05, 3.63) is 23.8 Å². The summed E-state index contributed by atoms with van der Waals surface area (Å²) in [5.74, 6) is 1.00. The fourth-order valence-corrected chi connectivity index (χ4v) is 1.35. The van der Waals surface area contributed by atoms with Gasteiger partial charge in [-0.25, -0.2) is 0 Å². The fraction of sp³-hybridized carbons (Fsp3) is 0.222. The number of benzene rings is 1. The highest BCUT2D eigenvalue weighted by Gasteiger charge is 2.20. The predicted molar refractivity (Wildman–Crippen MR) is 47.6 cm³/mol. The van der Waals surface area contributed by atoms with E-state index in [0.717, 1.165) is 6.29 Å². The first-order chi connectivity index (χ1) is 6.31. The second-order valence-corrected chi connectivity index (χ2v) is 3.12. The number of aldehydes is 1. The van der Waals surface area contributed by atoms with Gasteiger partial charge in [0, 0.05) is 0 Å². The van der Waals surface area contributed by atoms with E-state index in [4.69, 9.17) is 21.1 Å². The highest BCUT2D eigenvalue weighted by molar-refractivity contribution is 6.20. The Hall–Kier alpha value is -1.22. The second kappa shape index (κ2) is 3.26. The number of hydrogen-bond donors (Lipinski definition) is 0. The molecule has 0 N–H and O–H groups in total. The van der Waals surface area contributed by atoms with Crippen molar-refractivity contribution in [2.75, 3.05) is 6.61 Å². The Morgan fingerprint density at radius 1 is 1.54 bits per heavy atom. The zero-order chi connectivity index (χ0) is 9.26. The number of alkyl halides is 1. The highest BCUT2D eigenvalue weighted by Crippen LogP contribution is 2.34. The number of halogens is 1. The third-order valence-corrected chi connectivity index (χ3v) is 1.96. The van der Waals surface area contributed by atoms with Gasteiger partial charge in [0.25, 0.3) is 0 Å². The van der Waals surface area contributed by atoms with Crippen LogP contribution in [0.25, 0.3) is 0 Å². The van der Waals surface area contributed by atoms with E-state index in [2.05, 4.69) is 0 Å². The van der Waals surface area contributed by atoms with E-state index in [-0.39, 0.29) is 6.61 Å². The van der Waals surface area contributed by atoms with Crippen molar-refractivity contribution in [1.82, 2.24) is 0 Å². The first-order valence-electron chi connectivity index (χ1n) is 3.83. The second-order valence-electron chi connectivity index (χ2n) is 2.63.